The van der Waals surface area contributed by atoms with Crippen LogP contribution in [0, 0.1) is 0 Å². The lowest BCUT2D eigenvalue weighted by molar-refractivity contribution is -0.167. The fourth-order valence-corrected chi connectivity index (χ4v) is 10.4. The third-order valence-corrected chi connectivity index (χ3v) is 15.7. The topological polar surface area (TPSA) is 78.9 Å². The van der Waals surface area contributed by atoms with Gasteiger partial charge in [0.15, 0.2) is 6.10 Å². The number of carbonyl (C=O) groups is 3. The molecule has 0 spiro atoms. The standard InChI is InChI=1S/C74H134O6/c1-4-7-10-13-16-19-22-25-28-31-33-35-37-39-41-43-46-49-52-55-58-61-64-67-73(76)79-70-71(69-78-72(75)66-63-60-57-54-51-48-45-30-27-24-21-18-15-12-9-6-3)80-74(77)68-65-62-59-56-53-50-47-44-42-40-38-36-34-32-29-26-23-20-17-14-11-8-5-2/h21-22,24-25,30-34,45,71H,4-20,23,26-29,35-44,46-70H2,1-3H3/b24-21-,25-22-,33-31-,34-32-,45-30-. The van der Waals surface area contributed by atoms with Gasteiger partial charge in [0.25, 0.3) is 0 Å². The Balaban J connectivity index is 4.33. The van der Waals surface area contributed by atoms with Gasteiger partial charge in [-0.2, -0.15) is 0 Å². The summed E-state index contributed by atoms with van der Waals surface area (Å²) in [7, 11) is 0. The van der Waals surface area contributed by atoms with Crippen LogP contribution in [0.2, 0.25) is 0 Å². The Kier molecular flexibility index (Phi) is 66.1. The van der Waals surface area contributed by atoms with E-state index in [9.17, 15) is 14.4 Å². The second-order valence-corrected chi connectivity index (χ2v) is 23.8. The molecule has 0 aliphatic carbocycles. The number of ether oxygens (including phenoxy) is 3. The summed E-state index contributed by atoms with van der Waals surface area (Å²) in [5.74, 6) is -0.872. The minimum absolute atomic E-state index is 0.0776. The molecule has 0 amide bonds. The molecule has 0 radical (unpaired) electrons. The van der Waals surface area contributed by atoms with E-state index in [1.165, 1.54) is 250 Å². The van der Waals surface area contributed by atoms with E-state index in [0.29, 0.717) is 19.3 Å². The first-order chi connectivity index (χ1) is 39.5. The van der Waals surface area contributed by atoms with Crippen molar-refractivity contribution in [3.63, 3.8) is 0 Å². The largest absolute Gasteiger partial charge is 0.462 e. The van der Waals surface area contributed by atoms with E-state index >= 15 is 0 Å². The lowest BCUT2D eigenvalue weighted by Crippen LogP contribution is -2.30. The van der Waals surface area contributed by atoms with Gasteiger partial charge in [-0.1, -0.05) is 306 Å². The van der Waals surface area contributed by atoms with Gasteiger partial charge in [-0.3, -0.25) is 14.4 Å². The van der Waals surface area contributed by atoms with Crippen molar-refractivity contribution in [2.75, 3.05) is 13.2 Å². The molecule has 6 nitrogen and oxygen atoms in total. The minimum atomic E-state index is -0.783. The molecule has 0 aromatic heterocycles. The Bertz CT molecular complexity index is 1430. The molecule has 0 bridgehead atoms. The van der Waals surface area contributed by atoms with Gasteiger partial charge >= 0.3 is 17.9 Å². The fourth-order valence-electron chi connectivity index (χ4n) is 10.4. The first-order valence-corrected chi connectivity index (χ1v) is 35.3. The zero-order valence-corrected chi connectivity index (χ0v) is 53.6. The third kappa shape index (κ3) is 65.9. The van der Waals surface area contributed by atoms with Crippen LogP contribution in [0.3, 0.4) is 0 Å². The number of allylic oxidation sites excluding steroid dienone is 10. The Morgan fingerprint density at radius 3 is 0.713 bits per heavy atom. The molecule has 0 fully saturated rings. The molecule has 1 unspecified atom stereocenters. The molecule has 0 aromatic carbocycles. The van der Waals surface area contributed by atoms with Crippen LogP contribution < -0.4 is 0 Å². The van der Waals surface area contributed by atoms with E-state index in [1.54, 1.807) is 0 Å². The van der Waals surface area contributed by atoms with E-state index in [0.717, 1.165) is 83.5 Å². The van der Waals surface area contributed by atoms with Crippen LogP contribution in [0.5, 0.6) is 0 Å². The van der Waals surface area contributed by atoms with Gasteiger partial charge in [-0.15, -0.1) is 0 Å². The van der Waals surface area contributed by atoms with Crippen LogP contribution in [0.15, 0.2) is 60.8 Å². The summed E-state index contributed by atoms with van der Waals surface area (Å²) in [6.07, 6.45) is 88.1. The average molecular weight is 1120 g/mol. The van der Waals surface area contributed by atoms with Crippen molar-refractivity contribution in [1.82, 2.24) is 0 Å². The van der Waals surface area contributed by atoms with Crippen LogP contribution in [0.25, 0.3) is 0 Å². The number of carbonyl (C=O) groups excluding carboxylic acids is 3. The van der Waals surface area contributed by atoms with E-state index in [4.69, 9.17) is 14.2 Å². The van der Waals surface area contributed by atoms with Gasteiger partial charge in [-0.05, 0) is 109 Å². The predicted octanol–water partition coefficient (Wildman–Crippen LogP) is 24.3. The van der Waals surface area contributed by atoms with E-state index in [1.807, 2.05) is 0 Å². The highest BCUT2D eigenvalue weighted by molar-refractivity contribution is 5.71. The summed E-state index contributed by atoms with van der Waals surface area (Å²) in [6.45, 7) is 6.66. The van der Waals surface area contributed by atoms with Gasteiger partial charge in [0.1, 0.15) is 13.2 Å². The summed E-state index contributed by atoms with van der Waals surface area (Å²) < 4.78 is 17.0. The zero-order chi connectivity index (χ0) is 57.8. The summed E-state index contributed by atoms with van der Waals surface area (Å²) in [6, 6.07) is 0. The van der Waals surface area contributed by atoms with Gasteiger partial charge in [0.2, 0.25) is 0 Å². The first kappa shape index (κ1) is 77.1. The Morgan fingerprint density at radius 2 is 0.450 bits per heavy atom. The van der Waals surface area contributed by atoms with Crippen molar-refractivity contribution in [1.29, 1.82) is 0 Å². The van der Waals surface area contributed by atoms with Crippen LogP contribution in [0.1, 0.15) is 374 Å². The number of unbranched alkanes of at least 4 members (excludes halogenated alkanes) is 44. The summed E-state index contributed by atoms with van der Waals surface area (Å²) in [5.41, 5.74) is 0. The van der Waals surface area contributed by atoms with Crippen molar-refractivity contribution >= 4 is 17.9 Å². The maximum Gasteiger partial charge on any atom is 0.306 e. The number of esters is 3. The predicted molar refractivity (Wildman–Crippen MR) is 348 cm³/mol. The molecule has 6 heteroatoms. The van der Waals surface area contributed by atoms with Crippen molar-refractivity contribution in [2.24, 2.45) is 0 Å². The molecule has 0 heterocycles. The average Bonchev–Trinajstić information content (AvgIpc) is 3.46. The van der Waals surface area contributed by atoms with Crippen molar-refractivity contribution in [3.05, 3.63) is 60.8 Å². The zero-order valence-electron chi connectivity index (χ0n) is 53.6. The van der Waals surface area contributed by atoms with Crippen molar-refractivity contribution in [2.45, 2.75) is 380 Å². The number of rotatable bonds is 65. The van der Waals surface area contributed by atoms with Gasteiger partial charge < -0.3 is 14.2 Å². The highest BCUT2D eigenvalue weighted by atomic mass is 16.6. The molecular weight excluding hydrogens is 985 g/mol. The number of hydrogen-bond donors (Lipinski definition) is 0. The van der Waals surface area contributed by atoms with Crippen LogP contribution in [-0.2, 0) is 28.6 Å². The molecule has 0 aliphatic heterocycles. The van der Waals surface area contributed by atoms with E-state index < -0.39 is 6.10 Å². The summed E-state index contributed by atoms with van der Waals surface area (Å²) in [5, 5.41) is 0. The molecule has 0 saturated carbocycles. The van der Waals surface area contributed by atoms with Gasteiger partial charge in [-0.25, -0.2) is 0 Å². The normalized spacial score (nSPS) is 12.4. The Hall–Kier alpha value is -2.89. The Labute approximate surface area is 498 Å². The van der Waals surface area contributed by atoms with Gasteiger partial charge in [0.05, 0.1) is 0 Å². The monoisotopic (exact) mass is 1120 g/mol. The number of hydrogen-bond acceptors (Lipinski definition) is 6. The maximum atomic E-state index is 13.0. The highest BCUT2D eigenvalue weighted by Crippen LogP contribution is 2.17. The van der Waals surface area contributed by atoms with Crippen LogP contribution >= 0.6 is 0 Å². The van der Waals surface area contributed by atoms with Crippen molar-refractivity contribution in [3.8, 4) is 0 Å². The van der Waals surface area contributed by atoms with E-state index in [2.05, 4.69) is 81.5 Å². The molecule has 80 heavy (non-hydrogen) atoms. The molecule has 466 valence electrons. The van der Waals surface area contributed by atoms with Crippen LogP contribution in [-0.4, -0.2) is 37.2 Å². The summed E-state index contributed by atoms with van der Waals surface area (Å²) >= 11 is 0. The summed E-state index contributed by atoms with van der Waals surface area (Å²) in [4.78, 5) is 38.5. The van der Waals surface area contributed by atoms with E-state index in [-0.39, 0.29) is 31.1 Å². The molecule has 0 aliphatic rings. The molecule has 1 atom stereocenters. The lowest BCUT2D eigenvalue weighted by Gasteiger charge is -2.18. The van der Waals surface area contributed by atoms with Crippen LogP contribution in [0.4, 0.5) is 0 Å². The second kappa shape index (κ2) is 68.6. The first-order valence-electron chi connectivity index (χ1n) is 35.3. The molecule has 0 rings (SSSR count). The third-order valence-electron chi connectivity index (χ3n) is 15.7. The van der Waals surface area contributed by atoms with Gasteiger partial charge in [0, 0.05) is 19.3 Å². The minimum Gasteiger partial charge on any atom is -0.462 e. The molecule has 0 aromatic rings. The smallest absolute Gasteiger partial charge is 0.306 e. The maximum absolute atomic E-state index is 13.0. The highest BCUT2D eigenvalue weighted by Gasteiger charge is 2.19. The fraction of sp³-hybridized carbons (Fsp3) is 0.824. The SMILES string of the molecule is CCCCCC/C=C\C/C=C\CCCCCCCC(=O)OCC(COC(=O)CCCCCCCCCCCCC/C=C\C/C=C\CCCCCCC)OC(=O)CCCCCCCCCCCCC/C=C\CCCCCCCCCC. The quantitative estimate of drug-likeness (QED) is 0.0261. The second-order valence-electron chi connectivity index (χ2n) is 23.8. The lowest BCUT2D eigenvalue weighted by atomic mass is 10.0. The van der Waals surface area contributed by atoms with Crippen molar-refractivity contribution < 1.29 is 28.6 Å². The molecular formula is C74H134O6. The Morgan fingerprint density at radius 1 is 0.250 bits per heavy atom. The molecule has 0 N–H and O–H groups in total. The molecule has 0 saturated heterocycles.